The molecule has 1 heterocycles. The van der Waals surface area contributed by atoms with E-state index in [9.17, 15) is 19.8 Å². The number of aromatic amines is 1. The van der Waals surface area contributed by atoms with Gasteiger partial charge in [0.05, 0.1) is 24.3 Å². The number of alkyl carbamates (subject to hydrolysis) is 1. The molecule has 3 atom stereocenters. The van der Waals surface area contributed by atoms with Crippen LogP contribution in [0.25, 0.3) is 10.9 Å². The van der Waals surface area contributed by atoms with E-state index in [0.29, 0.717) is 35.5 Å². The number of phenols is 1. The fourth-order valence-electron chi connectivity index (χ4n) is 6.82. The molecular formula is C42H57N3O6. The smallest absolute Gasteiger partial charge is 0.408 e. The molecule has 0 bridgehead atoms. The van der Waals surface area contributed by atoms with Gasteiger partial charge in [-0.15, -0.1) is 0 Å². The van der Waals surface area contributed by atoms with Crippen LogP contribution in [-0.2, 0) is 4.74 Å². The van der Waals surface area contributed by atoms with Gasteiger partial charge in [0, 0.05) is 18.0 Å². The van der Waals surface area contributed by atoms with Crippen molar-refractivity contribution in [2.24, 2.45) is 5.92 Å². The van der Waals surface area contributed by atoms with Crippen LogP contribution in [0.4, 0.5) is 4.79 Å². The minimum absolute atomic E-state index is 0.0167. The van der Waals surface area contributed by atoms with Gasteiger partial charge in [-0.05, 0) is 85.5 Å². The molecule has 4 rings (SSSR count). The van der Waals surface area contributed by atoms with E-state index in [1.165, 1.54) is 12.1 Å². The number of carbonyl (C=O) groups is 1. The molecule has 0 aliphatic rings. The summed E-state index contributed by atoms with van der Waals surface area (Å²) in [6.07, 6.45) is 8.92. The Hall–Kier alpha value is -4.34. The Morgan fingerprint density at radius 1 is 0.843 bits per heavy atom. The number of aliphatic hydroxyl groups excluding tert-OH is 1. The van der Waals surface area contributed by atoms with Crippen LogP contribution < -0.4 is 20.9 Å². The van der Waals surface area contributed by atoms with Crippen molar-refractivity contribution in [1.82, 2.24) is 15.6 Å². The maximum absolute atomic E-state index is 13.3. The number of hydrogen-bond donors (Lipinski definition) is 5. The van der Waals surface area contributed by atoms with Crippen LogP contribution in [0, 0.1) is 5.92 Å². The fraction of sp³-hybridized carbons (Fsp3) is 0.476. The van der Waals surface area contributed by atoms with E-state index >= 15 is 0 Å². The number of carbonyl (C=O) groups excluding carboxylic acids is 1. The molecule has 0 saturated heterocycles. The average Bonchev–Trinajstić information content (AvgIpc) is 3.14. The zero-order chi connectivity index (χ0) is 36.4. The first-order valence-corrected chi connectivity index (χ1v) is 18.8. The summed E-state index contributed by atoms with van der Waals surface area (Å²) >= 11 is 0. The molecule has 1 unspecified atom stereocenters. The number of aliphatic hydroxyl groups is 1. The Bertz CT molecular complexity index is 1670. The maximum atomic E-state index is 13.3. The predicted molar refractivity (Wildman–Crippen MR) is 204 cm³/mol. The average molecular weight is 700 g/mol. The van der Waals surface area contributed by atoms with Crippen LogP contribution in [-0.4, -0.2) is 47.1 Å². The van der Waals surface area contributed by atoms with Gasteiger partial charge in [0.25, 0.3) is 0 Å². The Morgan fingerprint density at radius 2 is 1.57 bits per heavy atom. The van der Waals surface area contributed by atoms with Gasteiger partial charge < -0.3 is 35.3 Å². The highest BCUT2D eigenvalue weighted by Crippen LogP contribution is 2.29. The number of ether oxygens (including phenoxy) is 2. The number of hydrogen-bond acceptors (Lipinski definition) is 7. The molecular weight excluding hydrogens is 642 g/mol. The Labute approximate surface area is 302 Å². The molecule has 51 heavy (non-hydrogen) atoms. The highest BCUT2D eigenvalue weighted by Gasteiger charge is 2.25. The molecule has 0 saturated carbocycles. The topological polar surface area (TPSA) is 133 Å². The lowest BCUT2D eigenvalue weighted by Gasteiger charge is -2.27. The van der Waals surface area contributed by atoms with E-state index in [1.54, 1.807) is 12.1 Å². The zero-order valence-electron chi connectivity index (χ0n) is 30.5. The van der Waals surface area contributed by atoms with Crippen LogP contribution >= 0.6 is 0 Å². The second kappa shape index (κ2) is 21.1. The Morgan fingerprint density at radius 3 is 2.31 bits per heavy atom. The quantitative estimate of drug-likeness (QED) is 0.0519. The molecule has 0 fully saturated rings. The van der Waals surface area contributed by atoms with Crippen LogP contribution in [0.2, 0.25) is 0 Å². The van der Waals surface area contributed by atoms with Gasteiger partial charge in [-0.3, -0.25) is 4.79 Å². The molecule has 9 heteroatoms. The van der Waals surface area contributed by atoms with Crippen molar-refractivity contribution in [3.63, 3.8) is 0 Å². The molecule has 0 spiro atoms. The minimum atomic E-state index is -0.760. The number of aromatic hydroxyl groups is 1. The third-order valence-electron chi connectivity index (χ3n) is 9.46. The van der Waals surface area contributed by atoms with Crippen LogP contribution in [0.3, 0.4) is 0 Å². The zero-order valence-corrected chi connectivity index (χ0v) is 30.5. The SMILES string of the molecule is CCCC(CCC)[C@H](CC)OC(=O)NC(c1ccccc1)c1cccc(OCCCCCCCNC[C@H](O)c2ccc(O)c3[nH]c(=O)ccc23)c1. The lowest BCUT2D eigenvalue weighted by Crippen LogP contribution is -2.35. The molecule has 276 valence electrons. The van der Waals surface area contributed by atoms with E-state index in [1.807, 2.05) is 54.6 Å². The van der Waals surface area contributed by atoms with E-state index < -0.39 is 12.2 Å². The van der Waals surface area contributed by atoms with Gasteiger partial charge in [-0.25, -0.2) is 4.79 Å². The first kappa shape index (κ1) is 39.4. The number of pyridine rings is 1. The monoisotopic (exact) mass is 699 g/mol. The van der Waals surface area contributed by atoms with E-state index in [2.05, 4.69) is 36.4 Å². The van der Waals surface area contributed by atoms with Crippen molar-refractivity contribution in [3.05, 3.63) is 106 Å². The molecule has 0 aliphatic heterocycles. The highest BCUT2D eigenvalue weighted by molar-refractivity contribution is 5.87. The molecule has 9 nitrogen and oxygen atoms in total. The molecule has 1 amide bonds. The first-order chi connectivity index (χ1) is 24.8. The summed E-state index contributed by atoms with van der Waals surface area (Å²) in [5.74, 6) is 1.13. The Kier molecular flexibility index (Phi) is 16.3. The number of H-pyrrole nitrogens is 1. The standard InChI is InChI=1S/C42H57N3O6/c1-4-16-30(17-5-2)38(6-3)51-42(49)45-40(31-18-11-10-12-19-31)32-20-15-21-33(28-32)50-27-14-9-7-8-13-26-43-29-37(47)34-22-24-36(46)41-35(34)23-25-39(48)44-41/h10-12,15,18-25,28,30,37-38,40,43,46-47H,4-9,13-14,16-17,26-27,29H2,1-3H3,(H,44,48)(H,45,49)/t37-,38-,40?/m0/s1. The maximum Gasteiger partial charge on any atom is 0.408 e. The number of amides is 1. The summed E-state index contributed by atoms with van der Waals surface area (Å²) in [5.41, 5.74) is 2.62. The van der Waals surface area contributed by atoms with Gasteiger partial charge >= 0.3 is 6.09 Å². The van der Waals surface area contributed by atoms with Gasteiger partial charge in [0.1, 0.15) is 17.6 Å². The van der Waals surface area contributed by atoms with Crippen molar-refractivity contribution < 1.29 is 24.5 Å². The van der Waals surface area contributed by atoms with Crippen LogP contribution in [0.15, 0.2) is 83.7 Å². The van der Waals surface area contributed by atoms with E-state index in [0.717, 1.165) is 87.6 Å². The fourth-order valence-corrected chi connectivity index (χ4v) is 6.82. The van der Waals surface area contributed by atoms with E-state index in [4.69, 9.17) is 9.47 Å². The molecule has 0 aliphatic carbocycles. The van der Waals surface area contributed by atoms with Gasteiger partial charge in [0.2, 0.25) is 5.56 Å². The summed E-state index contributed by atoms with van der Waals surface area (Å²) < 4.78 is 12.2. The van der Waals surface area contributed by atoms with Gasteiger partial charge in [-0.2, -0.15) is 0 Å². The van der Waals surface area contributed by atoms with Crippen molar-refractivity contribution in [2.45, 2.75) is 103 Å². The molecule has 5 N–H and O–H groups in total. The molecule has 1 aromatic heterocycles. The number of benzene rings is 3. The number of unbranched alkanes of at least 4 members (excludes halogenated alkanes) is 4. The van der Waals surface area contributed by atoms with Gasteiger partial charge in [-0.1, -0.05) is 101 Å². The summed E-state index contributed by atoms with van der Waals surface area (Å²) in [5, 5.41) is 27.9. The minimum Gasteiger partial charge on any atom is -0.506 e. The summed E-state index contributed by atoms with van der Waals surface area (Å²) in [7, 11) is 0. The Balaban J connectivity index is 1.19. The van der Waals surface area contributed by atoms with Gasteiger partial charge in [0.15, 0.2) is 0 Å². The number of nitrogens with one attached hydrogen (secondary N) is 3. The second-order valence-corrected chi connectivity index (χ2v) is 13.4. The van der Waals surface area contributed by atoms with Crippen molar-refractivity contribution in [3.8, 4) is 11.5 Å². The van der Waals surface area contributed by atoms with E-state index in [-0.39, 0.29) is 23.5 Å². The van der Waals surface area contributed by atoms with Crippen molar-refractivity contribution in [1.29, 1.82) is 0 Å². The number of rotatable bonds is 22. The number of aromatic nitrogens is 1. The normalized spacial score (nSPS) is 13.2. The van der Waals surface area contributed by atoms with Crippen LogP contribution in [0.1, 0.15) is 114 Å². The summed E-state index contributed by atoms with van der Waals surface area (Å²) in [4.78, 5) is 27.6. The van der Waals surface area contributed by atoms with Crippen LogP contribution in [0.5, 0.6) is 11.5 Å². The number of fused-ring (bicyclic) bond motifs is 1. The largest absolute Gasteiger partial charge is 0.506 e. The predicted octanol–water partition coefficient (Wildman–Crippen LogP) is 8.70. The third-order valence-corrected chi connectivity index (χ3v) is 9.46. The summed E-state index contributed by atoms with van der Waals surface area (Å²) in [6.45, 7) is 8.23. The number of phenolic OH excluding ortho intramolecular Hbond substituents is 1. The van der Waals surface area contributed by atoms with Crippen molar-refractivity contribution >= 4 is 17.0 Å². The third kappa shape index (κ3) is 12.1. The lowest BCUT2D eigenvalue weighted by atomic mass is 9.91. The lowest BCUT2D eigenvalue weighted by molar-refractivity contribution is 0.0509. The highest BCUT2D eigenvalue weighted by atomic mass is 16.6. The first-order valence-electron chi connectivity index (χ1n) is 18.8. The molecule has 4 aromatic rings. The summed E-state index contributed by atoms with van der Waals surface area (Å²) in [6, 6.07) is 23.8. The molecule has 0 radical (unpaired) electrons. The second-order valence-electron chi connectivity index (χ2n) is 13.4. The van der Waals surface area contributed by atoms with Crippen molar-refractivity contribution in [2.75, 3.05) is 19.7 Å². The molecule has 3 aromatic carbocycles.